The zero-order valence-electron chi connectivity index (χ0n) is 11.2. The van der Waals surface area contributed by atoms with Crippen molar-refractivity contribution in [3.8, 4) is 0 Å². The molecule has 0 spiro atoms. The summed E-state index contributed by atoms with van der Waals surface area (Å²) in [5, 5.41) is 7.56. The van der Waals surface area contributed by atoms with Gasteiger partial charge in [-0.2, -0.15) is 0 Å². The summed E-state index contributed by atoms with van der Waals surface area (Å²) in [5.41, 5.74) is 0.618. The van der Waals surface area contributed by atoms with Gasteiger partial charge in [-0.3, -0.25) is 0 Å². The average Bonchev–Trinajstić information content (AvgIpc) is 2.83. The maximum absolute atomic E-state index is 12.2. The molecule has 0 aromatic carbocycles. The van der Waals surface area contributed by atoms with Gasteiger partial charge in [0.15, 0.2) is 0 Å². The Hall–Kier alpha value is 0.763. The van der Waals surface area contributed by atoms with Crippen molar-refractivity contribution in [3.05, 3.63) is 23.8 Å². The van der Waals surface area contributed by atoms with E-state index in [0.29, 0.717) is 5.69 Å². The van der Waals surface area contributed by atoms with Gasteiger partial charge in [0, 0.05) is 0 Å². The van der Waals surface area contributed by atoms with Crippen LogP contribution in [0.25, 0.3) is 5.78 Å². The van der Waals surface area contributed by atoms with Crippen molar-refractivity contribution in [3.63, 3.8) is 0 Å². The number of carbonyl (C=O) groups excluding carboxylic acids is 2. The Kier molecular flexibility index (Phi) is 5.68. The number of hydrogen-bond acceptors (Lipinski definition) is 5. The molecule has 0 saturated heterocycles. The zero-order valence-corrected chi connectivity index (χ0v) is 24.3. The second kappa shape index (κ2) is 6.68. The first-order chi connectivity index (χ1) is 8.91. The molecule has 10 heteroatoms. The quantitative estimate of drug-likeness (QED) is 0.462. The maximum atomic E-state index is 12.2. The summed E-state index contributed by atoms with van der Waals surface area (Å²) in [6, 6.07) is 1.52. The molecule has 8 nitrogen and oxygen atoms in total. The molecule has 2 rings (SSSR count). The minimum atomic E-state index is -0.257. The van der Waals surface area contributed by atoms with Crippen LogP contribution in [-0.4, -0.2) is 101 Å². The Labute approximate surface area is 179 Å². The summed E-state index contributed by atoms with van der Waals surface area (Å²) in [4.78, 5) is 29.7. The number of hydrogen-bond donors (Lipinski definition) is 0. The van der Waals surface area contributed by atoms with E-state index in [1.54, 1.807) is 14.1 Å². The van der Waals surface area contributed by atoms with E-state index in [0.717, 1.165) is 0 Å². The van der Waals surface area contributed by atoms with E-state index in [4.69, 9.17) is 0 Å². The molecular weight excluding hydrogens is 536 g/mol. The van der Waals surface area contributed by atoms with Crippen molar-refractivity contribution in [2.75, 3.05) is 14.1 Å². The number of nitrogens with zero attached hydrogens (tertiary/aromatic N) is 6. The normalized spacial score (nSPS) is 10.5. The molecule has 0 fully saturated rings. The van der Waals surface area contributed by atoms with Gasteiger partial charge in [0.05, 0.1) is 0 Å². The Bertz CT molecular complexity index is 655. The van der Waals surface area contributed by atoms with Crippen LogP contribution in [-0.2, 0) is 0 Å². The fourth-order valence-electron chi connectivity index (χ4n) is 1.55. The second-order valence-electron chi connectivity index (χ2n) is 4.43. The van der Waals surface area contributed by atoms with E-state index in [2.05, 4.69) is 15.2 Å². The van der Waals surface area contributed by atoms with Crippen LogP contribution in [0, 0.1) is 43.2 Å². The summed E-state index contributed by atoms with van der Waals surface area (Å²) in [5.74, 6) is -0.0428. The van der Waals surface area contributed by atoms with Gasteiger partial charge < -0.3 is 0 Å². The molecule has 0 unspecified atom stereocenters. The van der Waals surface area contributed by atoms with Crippen molar-refractivity contribution in [1.82, 2.24) is 18.7 Å². The molecule has 0 aliphatic carbocycles. The zero-order chi connectivity index (χ0) is 14.2. The first-order valence-electron chi connectivity index (χ1n) is 5.56. The minimum absolute atomic E-state index is 0.0185. The van der Waals surface area contributed by atoms with Crippen LogP contribution in [0.15, 0.2) is 12.4 Å². The van der Waals surface area contributed by atoms with Gasteiger partial charge in [-0.25, -0.2) is 0 Å². The predicted octanol–water partition coefficient (Wildman–Crippen LogP) is -1.45. The van der Waals surface area contributed by atoms with Crippen LogP contribution in [0.5, 0.6) is 0 Å². The standard InChI is InChI=1S/C9H8N6O2.Ra.Rb.H/c1-14(2)8(17)5-3-6(7(10)16)15-4-11-13-9(15)12-5;;;/h3-4H,1-2H3;;;. The molecule has 0 radical (unpaired) electrons. The molecular formula is C9H9N6O2RaRb. The fraction of sp³-hybridized carbons (Fsp3) is 0.222. The van der Waals surface area contributed by atoms with E-state index in [-0.39, 0.29) is 123 Å². The van der Waals surface area contributed by atoms with Crippen molar-refractivity contribution in [2.24, 2.45) is 0 Å². The molecule has 0 atom stereocenters. The summed E-state index contributed by atoms with van der Waals surface area (Å²) in [6.07, 6.45) is 1.44. The van der Waals surface area contributed by atoms with E-state index in [1.807, 2.05) is -5.82 Å². The van der Waals surface area contributed by atoms with Crippen molar-refractivity contribution >= 4 is 73.6 Å². The summed E-state index contributed by atoms with van der Waals surface area (Å²) < 4.78 is 3.38. The third-order valence-corrected chi connectivity index (χ3v) is 5.20. The molecule has 2 amide bonds. The van der Waals surface area contributed by atoms with Crippen LogP contribution in [0.2, 0.25) is 0 Å². The number of fused-ring (bicyclic) bond motifs is 1. The van der Waals surface area contributed by atoms with E-state index < -0.39 is 0 Å². The summed E-state index contributed by atoms with van der Waals surface area (Å²) in [7, 11) is 3.28. The monoisotopic (exact) mass is 544 g/mol. The number of rotatable bonds is 2. The Balaban J connectivity index is 2.64. The number of carbonyl (C=O) groups is 2. The van der Waals surface area contributed by atoms with Gasteiger partial charge >= 0.3 is 183 Å². The van der Waals surface area contributed by atoms with E-state index in [1.165, 1.54) is 21.7 Å². The third kappa shape index (κ3) is 3.51. The fourth-order valence-corrected chi connectivity index (χ4v) is 3.05. The Morgan fingerprint density at radius 3 is 2.63 bits per heavy atom. The van der Waals surface area contributed by atoms with Crippen molar-refractivity contribution in [1.29, 1.82) is 0 Å². The first kappa shape index (κ1) is 16.1. The average molecular weight is 545 g/mol. The van der Waals surface area contributed by atoms with E-state index >= 15 is 0 Å². The molecule has 2 aromatic heterocycles. The third-order valence-electron chi connectivity index (χ3n) is 2.53. The number of aromatic nitrogens is 4. The Morgan fingerprint density at radius 2 is 2.05 bits per heavy atom. The molecule has 0 aliphatic heterocycles. The van der Waals surface area contributed by atoms with Gasteiger partial charge in [0.25, 0.3) is 0 Å². The number of amides is 2. The molecule has 0 aliphatic rings. The van der Waals surface area contributed by atoms with Gasteiger partial charge in [-0.15, -0.1) is 0 Å². The van der Waals surface area contributed by atoms with Gasteiger partial charge in [0.1, 0.15) is 0 Å². The van der Waals surface area contributed by atoms with Crippen molar-refractivity contribution in [2.45, 2.75) is 0 Å². The van der Waals surface area contributed by atoms with Gasteiger partial charge in [-0.05, 0) is 0 Å². The van der Waals surface area contributed by atoms with E-state index in [9.17, 15) is 9.59 Å². The van der Waals surface area contributed by atoms with Gasteiger partial charge in [0.2, 0.25) is 0 Å². The second-order valence-corrected chi connectivity index (χ2v) is 31.3. The topological polar surface area (TPSA) is 83.7 Å². The van der Waals surface area contributed by atoms with Crippen LogP contribution < -0.4 is 0 Å². The molecule has 2 aromatic rings. The molecule has 0 N–H and O–H groups in total. The molecule has 19 heavy (non-hydrogen) atoms. The molecule has 0 saturated carbocycles. The van der Waals surface area contributed by atoms with Crippen LogP contribution in [0.3, 0.4) is 0 Å². The Morgan fingerprint density at radius 1 is 1.37 bits per heavy atom. The van der Waals surface area contributed by atoms with Crippen LogP contribution in [0.4, 0.5) is 0 Å². The first-order valence-corrected chi connectivity index (χ1v) is 11.4. The van der Waals surface area contributed by atoms with Crippen LogP contribution >= 0.6 is 0 Å². The predicted molar refractivity (Wildman–Crippen MR) is 62.1 cm³/mol. The van der Waals surface area contributed by atoms with Crippen LogP contribution in [0.1, 0.15) is 21.0 Å². The van der Waals surface area contributed by atoms with Gasteiger partial charge in [-0.1, -0.05) is 0 Å². The molecule has 2 heterocycles. The molecule has 90 valence electrons. The summed E-state index contributed by atoms with van der Waals surface area (Å²) >= 11 is 0.120. The summed E-state index contributed by atoms with van der Waals surface area (Å²) in [6.45, 7) is 0. The SMILES string of the molecule is CN(C)C(=O)c1cc(C(=O)[N]([Rb])[RaH])n2cnnc2n1. The molecule has 0 bridgehead atoms. The van der Waals surface area contributed by atoms with Crippen molar-refractivity contribution < 1.29 is 52.8 Å².